The SMILES string of the molecule is CCCC(CCBr)CNC(=O)c1c(Cl)cccc1[N+](=O)[O-]. The number of hydrogen-bond donors (Lipinski definition) is 1. The minimum absolute atomic E-state index is 0.0711. The number of halogens is 2. The van der Waals surface area contributed by atoms with E-state index in [0.29, 0.717) is 12.5 Å². The molecule has 1 aromatic rings. The van der Waals surface area contributed by atoms with Gasteiger partial charge < -0.3 is 5.32 Å². The second-order valence-electron chi connectivity index (χ2n) is 4.73. The Morgan fingerprint density at radius 2 is 2.19 bits per heavy atom. The predicted molar refractivity (Wildman–Crippen MR) is 87.2 cm³/mol. The van der Waals surface area contributed by atoms with E-state index >= 15 is 0 Å². The normalized spacial score (nSPS) is 12.0. The van der Waals surface area contributed by atoms with Crippen molar-refractivity contribution in [2.75, 3.05) is 11.9 Å². The highest BCUT2D eigenvalue weighted by Gasteiger charge is 2.23. The van der Waals surface area contributed by atoms with Crippen molar-refractivity contribution >= 4 is 39.1 Å². The zero-order valence-corrected chi connectivity index (χ0v) is 14.1. The van der Waals surface area contributed by atoms with Gasteiger partial charge in [0.15, 0.2) is 0 Å². The van der Waals surface area contributed by atoms with E-state index in [-0.39, 0.29) is 16.3 Å². The summed E-state index contributed by atoms with van der Waals surface area (Å²) < 4.78 is 0. The maximum atomic E-state index is 12.2. The fraction of sp³-hybridized carbons (Fsp3) is 0.500. The van der Waals surface area contributed by atoms with Crippen LogP contribution < -0.4 is 5.32 Å². The maximum absolute atomic E-state index is 12.2. The first-order valence-corrected chi connectivity index (χ1v) is 8.28. The Hall–Kier alpha value is -1.14. The molecule has 21 heavy (non-hydrogen) atoms. The molecule has 1 aromatic carbocycles. The molecule has 5 nitrogen and oxygen atoms in total. The third kappa shape index (κ3) is 5.28. The van der Waals surface area contributed by atoms with Gasteiger partial charge in [0.2, 0.25) is 0 Å². The lowest BCUT2D eigenvalue weighted by atomic mass is 10.0. The van der Waals surface area contributed by atoms with Crippen LogP contribution in [0.1, 0.15) is 36.5 Å². The Morgan fingerprint density at radius 1 is 1.48 bits per heavy atom. The number of carbonyl (C=O) groups excluding carboxylic acids is 1. The van der Waals surface area contributed by atoms with Gasteiger partial charge in [0.1, 0.15) is 5.56 Å². The van der Waals surface area contributed by atoms with Gasteiger partial charge in [0.05, 0.1) is 9.95 Å². The molecule has 0 aliphatic carbocycles. The fourth-order valence-electron chi connectivity index (χ4n) is 2.13. The van der Waals surface area contributed by atoms with E-state index in [9.17, 15) is 14.9 Å². The quantitative estimate of drug-likeness (QED) is 0.419. The minimum atomic E-state index is -0.594. The van der Waals surface area contributed by atoms with E-state index in [0.717, 1.165) is 24.6 Å². The van der Waals surface area contributed by atoms with Crippen molar-refractivity contribution < 1.29 is 9.72 Å². The van der Waals surface area contributed by atoms with Crippen molar-refractivity contribution in [2.24, 2.45) is 5.92 Å². The number of rotatable bonds is 8. The number of alkyl halides is 1. The van der Waals surface area contributed by atoms with E-state index in [4.69, 9.17) is 11.6 Å². The number of amides is 1. The molecule has 0 aliphatic heterocycles. The molecule has 1 rings (SSSR count). The summed E-state index contributed by atoms with van der Waals surface area (Å²) in [5.41, 5.74) is -0.342. The molecule has 0 radical (unpaired) electrons. The molecule has 0 spiro atoms. The van der Waals surface area contributed by atoms with E-state index < -0.39 is 10.8 Å². The Balaban J connectivity index is 2.82. The van der Waals surface area contributed by atoms with Crippen LogP contribution in [-0.2, 0) is 0 Å². The molecule has 0 aromatic heterocycles. The van der Waals surface area contributed by atoms with Gasteiger partial charge in [0, 0.05) is 17.9 Å². The lowest BCUT2D eigenvalue weighted by molar-refractivity contribution is -0.385. The smallest absolute Gasteiger partial charge is 0.283 e. The second kappa shape index (κ2) is 9.00. The molecule has 0 saturated carbocycles. The predicted octanol–water partition coefficient (Wildman–Crippen LogP) is 4.18. The van der Waals surface area contributed by atoms with Gasteiger partial charge in [-0.15, -0.1) is 0 Å². The lowest BCUT2D eigenvalue weighted by Crippen LogP contribution is -2.30. The minimum Gasteiger partial charge on any atom is -0.351 e. The number of nitro groups is 1. The van der Waals surface area contributed by atoms with E-state index in [1.54, 1.807) is 0 Å². The number of nitrogens with zero attached hydrogens (tertiary/aromatic N) is 1. The molecule has 116 valence electrons. The third-order valence-corrected chi connectivity index (χ3v) is 3.95. The van der Waals surface area contributed by atoms with Crippen LogP contribution in [0.2, 0.25) is 5.02 Å². The van der Waals surface area contributed by atoms with Gasteiger partial charge in [-0.25, -0.2) is 0 Å². The summed E-state index contributed by atoms with van der Waals surface area (Å²) in [6.07, 6.45) is 2.97. The van der Waals surface area contributed by atoms with E-state index in [2.05, 4.69) is 28.2 Å². The molecule has 1 unspecified atom stereocenters. The number of nitrogens with one attached hydrogen (secondary N) is 1. The Morgan fingerprint density at radius 3 is 2.76 bits per heavy atom. The summed E-state index contributed by atoms with van der Waals surface area (Å²) in [7, 11) is 0. The van der Waals surface area contributed by atoms with Crippen molar-refractivity contribution in [3.63, 3.8) is 0 Å². The molecule has 1 atom stereocenters. The van der Waals surface area contributed by atoms with Crippen LogP contribution in [0, 0.1) is 16.0 Å². The van der Waals surface area contributed by atoms with Gasteiger partial charge in [-0.05, 0) is 24.8 Å². The molecule has 0 aliphatic rings. The number of nitro benzene ring substituents is 1. The molecule has 7 heteroatoms. The van der Waals surface area contributed by atoms with Crippen molar-refractivity contribution in [3.8, 4) is 0 Å². The van der Waals surface area contributed by atoms with Gasteiger partial charge in [0.25, 0.3) is 11.6 Å². The monoisotopic (exact) mass is 376 g/mol. The van der Waals surface area contributed by atoms with Gasteiger partial charge >= 0.3 is 0 Å². The highest BCUT2D eigenvalue weighted by Crippen LogP contribution is 2.26. The van der Waals surface area contributed by atoms with Crippen molar-refractivity contribution in [1.29, 1.82) is 0 Å². The first-order chi connectivity index (χ1) is 10.0. The highest BCUT2D eigenvalue weighted by molar-refractivity contribution is 9.09. The van der Waals surface area contributed by atoms with Crippen LogP contribution in [0.15, 0.2) is 18.2 Å². The highest BCUT2D eigenvalue weighted by atomic mass is 79.9. The standard InChI is InChI=1S/C14H18BrClN2O3/c1-2-4-10(7-8-15)9-17-14(19)13-11(16)5-3-6-12(13)18(20)21/h3,5-6,10H,2,4,7-9H2,1H3,(H,17,19). The van der Waals surface area contributed by atoms with Crippen LogP contribution in [0.25, 0.3) is 0 Å². The van der Waals surface area contributed by atoms with E-state index in [1.165, 1.54) is 18.2 Å². The van der Waals surface area contributed by atoms with E-state index in [1.807, 2.05) is 0 Å². The molecule has 0 saturated heterocycles. The average Bonchev–Trinajstić information content (AvgIpc) is 2.44. The molecule has 1 N–H and O–H groups in total. The number of carbonyl (C=O) groups is 1. The van der Waals surface area contributed by atoms with Gasteiger partial charge in [-0.1, -0.05) is 46.9 Å². The van der Waals surface area contributed by atoms with Crippen LogP contribution in [0.3, 0.4) is 0 Å². The summed E-state index contributed by atoms with van der Waals surface area (Å²) in [6, 6.07) is 4.22. The van der Waals surface area contributed by atoms with Crippen molar-refractivity contribution in [3.05, 3.63) is 38.9 Å². The topological polar surface area (TPSA) is 72.2 Å². The maximum Gasteiger partial charge on any atom is 0.283 e. The first-order valence-electron chi connectivity index (χ1n) is 6.78. The second-order valence-corrected chi connectivity index (χ2v) is 5.93. The van der Waals surface area contributed by atoms with Crippen LogP contribution in [0.4, 0.5) is 5.69 Å². The largest absolute Gasteiger partial charge is 0.351 e. The third-order valence-electron chi connectivity index (χ3n) is 3.18. The van der Waals surface area contributed by atoms with Crippen LogP contribution >= 0.6 is 27.5 Å². The van der Waals surface area contributed by atoms with Gasteiger partial charge in [-0.3, -0.25) is 14.9 Å². The number of hydrogen-bond acceptors (Lipinski definition) is 3. The summed E-state index contributed by atoms with van der Waals surface area (Å²) in [5, 5.41) is 14.7. The van der Waals surface area contributed by atoms with Crippen LogP contribution in [-0.4, -0.2) is 22.7 Å². The average molecular weight is 378 g/mol. The molecule has 0 bridgehead atoms. The fourth-order valence-corrected chi connectivity index (χ4v) is 3.03. The Bertz CT molecular complexity index is 505. The summed E-state index contributed by atoms with van der Waals surface area (Å²) >= 11 is 9.32. The summed E-state index contributed by atoms with van der Waals surface area (Å²) in [6.45, 7) is 2.57. The number of benzene rings is 1. The van der Waals surface area contributed by atoms with Gasteiger partial charge in [-0.2, -0.15) is 0 Å². The van der Waals surface area contributed by atoms with Crippen LogP contribution in [0.5, 0.6) is 0 Å². The molecule has 1 amide bonds. The Labute approximate surface area is 137 Å². The zero-order chi connectivity index (χ0) is 15.8. The molecule has 0 fully saturated rings. The van der Waals surface area contributed by atoms with Crippen molar-refractivity contribution in [1.82, 2.24) is 5.32 Å². The molecule has 0 heterocycles. The Kier molecular flexibility index (Phi) is 7.67. The first kappa shape index (κ1) is 17.9. The summed E-state index contributed by atoms with van der Waals surface area (Å²) in [4.78, 5) is 22.6. The molecular formula is C14H18BrClN2O3. The summed E-state index contributed by atoms with van der Waals surface area (Å²) in [5.74, 6) is -0.150. The van der Waals surface area contributed by atoms with Crippen molar-refractivity contribution in [2.45, 2.75) is 26.2 Å². The lowest BCUT2D eigenvalue weighted by Gasteiger charge is -2.16. The molecular weight excluding hydrogens is 360 g/mol. The zero-order valence-electron chi connectivity index (χ0n) is 11.8.